The molecule has 12 heavy (non-hydrogen) atoms. The van der Waals surface area contributed by atoms with Crippen LogP contribution in [0.3, 0.4) is 0 Å². The van der Waals surface area contributed by atoms with E-state index in [0.29, 0.717) is 0 Å². The molecule has 0 aliphatic heterocycles. The van der Waals surface area contributed by atoms with Crippen LogP contribution in [0, 0.1) is 6.42 Å². The Kier molecular flexibility index (Phi) is 3.93. The third-order valence-electron chi connectivity index (χ3n) is 1.50. The summed E-state index contributed by atoms with van der Waals surface area (Å²) in [6, 6.07) is 0. The molecule has 1 aliphatic rings. The minimum absolute atomic E-state index is 1.26. The summed E-state index contributed by atoms with van der Waals surface area (Å²) >= 11 is 0. The minimum atomic E-state index is 1.26. The molecule has 0 aromatic rings. The minimum Gasteiger partial charge on any atom is -0.0767 e. The van der Waals surface area contributed by atoms with Gasteiger partial charge >= 0.3 is 0 Å². The van der Waals surface area contributed by atoms with Gasteiger partial charge in [-0.05, 0) is 6.92 Å². The van der Waals surface area contributed by atoms with Crippen molar-refractivity contribution in [2.24, 2.45) is 0 Å². The summed E-state index contributed by atoms with van der Waals surface area (Å²) in [6.45, 7) is 2.08. The molecule has 0 spiro atoms. The van der Waals surface area contributed by atoms with E-state index in [-0.39, 0.29) is 0 Å². The second-order valence-corrected chi connectivity index (χ2v) is 2.62. The molecule has 0 saturated heterocycles. The van der Waals surface area contributed by atoms with Crippen LogP contribution in [0.15, 0.2) is 60.3 Å². The molecule has 0 aromatic carbocycles. The Morgan fingerprint density at radius 3 is 2.33 bits per heavy atom. The summed E-state index contributed by atoms with van der Waals surface area (Å²) in [6.07, 6.45) is 20.3. The maximum absolute atomic E-state index is 2.08. The molecule has 0 bridgehead atoms. The molecule has 0 unspecified atom stereocenters. The predicted molar refractivity (Wildman–Crippen MR) is 54.6 cm³/mol. The molecule has 0 saturated carbocycles. The van der Waals surface area contributed by atoms with E-state index in [2.05, 4.69) is 19.1 Å². The average Bonchev–Trinajstić information content (AvgIpc) is 2.11. The van der Waals surface area contributed by atoms with Crippen molar-refractivity contribution in [2.45, 2.75) is 6.92 Å². The van der Waals surface area contributed by atoms with E-state index in [1.54, 1.807) is 0 Å². The number of hydrogen-bond donors (Lipinski definition) is 0. The van der Waals surface area contributed by atoms with Crippen LogP contribution in [0.25, 0.3) is 0 Å². The molecule has 0 atom stereocenters. The van der Waals surface area contributed by atoms with Gasteiger partial charge in [0.1, 0.15) is 0 Å². The Bertz CT molecular complexity index is 260. The molecule has 0 fully saturated rings. The molecule has 1 aliphatic carbocycles. The van der Waals surface area contributed by atoms with E-state index in [1.807, 2.05) is 49.0 Å². The topological polar surface area (TPSA) is 0 Å². The average molecular weight is 157 g/mol. The van der Waals surface area contributed by atoms with Gasteiger partial charge in [0, 0.05) is 6.42 Å². The largest absolute Gasteiger partial charge is 0.0767 e. The zero-order valence-corrected chi connectivity index (χ0v) is 7.27. The van der Waals surface area contributed by atoms with Crippen molar-refractivity contribution in [1.82, 2.24) is 0 Å². The summed E-state index contributed by atoms with van der Waals surface area (Å²) in [5.41, 5.74) is 1.26. The first kappa shape index (κ1) is 8.79. The second kappa shape index (κ2) is 5.36. The first-order valence-electron chi connectivity index (χ1n) is 4.08. The molecule has 1 radical (unpaired) electrons. The van der Waals surface area contributed by atoms with Gasteiger partial charge in [0.05, 0.1) is 0 Å². The van der Waals surface area contributed by atoms with Gasteiger partial charge in [-0.2, -0.15) is 0 Å². The Balaban J connectivity index is 2.73. The van der Waals surface area contributed by atoms with Gasteiger partial charge in [-0.25, -0.2) is 0 Å². The van der Waals surface area contributed by atoms with Gasteiger partial charge < -0.3 is 0 Å². The van der Waals surface area contributed by atoms with Crippen molar-refractivity contribution < 1.29 is 0 Å². The third kappa shape index (κ3) is 3.77. The van der Waals surface area contributed by atoms with E-state index in [4.69, 9.17) is 0 Å². The van der Waals surface area contributed by atoms with Gasteiger partial charge in [-0.1, -0.05) is 60.3 Å². The van der Waals surface area contributed by atoms with E-state index < -0.39 is 0 Å². The lowest BCUT2D eigenvalue weighted by Crippen LogP contribution is -1.64. The van der Waals surface area contributed by atoms with E-state index in [0.717, 1.165) is 0 Å². The zero-order chi connectivity index (χ0) is 8.65. The maximum atomic E-state index is 2.08. The fourth-order valence-electron chi connectivity index (χ4n) is 0.855. The third-order valence-corrected chi connectivity index (χ3v) is 1.50. The molecule has 0 heterocycles. The van der Waals surface area contributed by atoms with Crippen LogP contribution in [0.5, 0.6) is 0 Å². The molecule has 61 valence electrons. The lowest BCUT2D eigenvalue weighted by atomic mass is 10.2. The molecule has 1 rings (SSSR count). The van der Waals surface area contributed by atoms with Gasteiger partial charge in [-0.15, -0.1) is 0 Å². The Morgan fingerprint density at radius 1 is 0.750 bits per heavy atom. The van der Waals surface area contributed by atoms with Crippen LogP contribution >= 0.6 is 0 Å². The maximum Gasteiger partial charge on any atom is 0.00506 e. The molecular formula is C12H13. The fourth-order valence-corrected chi connectivity index (χ4v) is 0.855. The van der Waals surface area contributed by atoms with E-state index in [1.165, 1.54) is 5.57 Å². The van der Waals surface area contributed by atoms with Crippen LogP contribution in [0.2, 0.25) is 0 Å². The number of allylic oxidation sites excluding steroid dienone is 10. The van der Waals surface area contributed by atoms with Crippen molar-refractivity contribution >= 4 is 0 Å². The van der Waals surface area contributed by atoms with Crippen LogP contribution in [0.1, 0.15) is 6.92 Å². The molecule has 0 nitrogen and oxygen atoms in total. The standard InChI is InChI=1S/C12H13/c1-12-10-8-6-4-2-3-5-7-9-11-12/h2-11H,1H3/b3-2-,6-4-,9-7-,10-8-,12-11-. The van der Waals surface area contributed by atoms with Gasteiger partial charge in [0.15, 0.2) is 0 Å². The van der Waals surface area contributed by atoms with Crippen LogP contribution < -0.4 is 0 Å². The molecule has 0 aromatic heterocycles. The smallest absolute Gasteiger partial charge is 0.00506 e. The fraction of sp³-hybridized carbons (Fsp3) is 0.0833. The highest BCUT2D eigenvalue weighted by Gasteiger charge is 1.77. The lowest BCUT2D eigenvalue weighted by molar-refractivity contribution is 1.52. The van der Waals surface area contributed by atoms with Crippen molar-refractivity contribution in [3.05, 3.63) is 66.7 Å². The molecule has 0 N–H and O–H groups in total. The summed E-state index contributed by atoms with van der Waals surface area (Å²) in [5.74, 6) is 0. The van der Waals surface area contributed by atoms with Crippen molar-refractivity contribution in [3.63, 3.8) is 0 Å². The summed E-state index contributed by atoms with van der Waals surface area (Å²) < 4.78 is 0. The summed E-state index contributed by atoms with van der Waals surface area (Å²) in [5, 5.41) is 0. The zero-order valence-electron chi connectivity index (χ0n) is 7.27. The second-order valence-electron chi connectivity index (χ2n) is 2.62. The van der Waals surface area contributed by atoms with Gasteiger partial charge in [0.2, 0.25) is 0 Å². The quantitative estimate of drug-likeness (QED) is 0.505. The van der Waals surface area contributed by atoms with E-state index in [9.17, 15) is 0 Å². The number of hydrogen-bond acceptors (Lipinski definition) is 0. The number of rotatable bonds is 0. The van der Waals surface area contributed by atoms with E-state index >= 15 is 0 Å². The Morgan fingerprint density at radius 2 is 1.42 bits per heavy atom. The van der Waals surface area contributed by atoms with Crippen LogP contribution in [0.4, 0.5) is 0 Å². The van der Waals surface area contributed by atoms with Crippen molar-refractivity contribution in [2.75, 3.05) is 0 Å². The normalized spacial score (nSPS) is 32.2. The lowest BCUT2D eigenvalue weighted by Gasteiger charge is -1.85. The highest BCUT2D eigenvalue weighted by Crippen LogP contribution is 1.98. The first-order chi connectivity index (χ1) is 5.89. The molecule has 0 amide bonds. The van der Waals surface area contributed by atoms with Gasteiger partial charge in [0.25, 0.3) is 0 Å². The Labute approximate surface area is 74.3 Å². The monoisotopic (exact) mass is 157 g/mol. The predicted octanol–water partition coefficient (Wildman–Crippen LogP) is 3.38. The SMILES string of the molecule is CC1=C/C=C\[CH]/C=C\C=C/C=C\1. The van der Waals surface area contributed by atoms with Crippen molar-refractivity contribution in [1.29, 1.82) is 0 Å². The Hall–Kier alpha value is -1.30. The highest BCUT2D eigenvalue weighted by atomic mass is 13.8. The molecule has 0 heteroatoms. The summed E-state index contributed by atoms with van der Waals surface area (Å²) in [7, 11) is 0. The van der Waals surface area contributed by atoms with Crippen LogP contribution in [-0.4, -0.2) is 0 Å². The highest BCUT2D eigenvalue weighted by molar-refractivity contribution is 5.28. The first-order valence-corrected chi connectivity index (χ1v) is 4.08. The van der Waals surface area contributed by atoms with Gasteiger partial charge in [-0.3, -0.25) is 0 Å². The molecular weight excluding hydrogens is 144 g/mol. The summed E-state index contributed by atoms with van der Waals surface area (Å²) in [4.78, 5) is 0. The van der Waals surface area contributed by atoms with Crippen molar-refractivity contribution in [3.8, 4) is 0 Å². The van der Waals surface area contributed by atoms with Crippen LogP contribution in [-0.2, 0) is 0 Å².